The summed E-state index contributed by atoms with van der Waals surface area (Å²) in [4.78, 5) is 22.4. The average Bonchev–Trinajstić information content (AvgIpc) is 2.25. The second-order valence-electron chi connectivity index (χ2n) is 2.61. The maximum absolute atomic E-state index is 11.2. The summed E-state index contributed by atoms with van der Waals surface area (Å²) in [6.45, 7) is 0. The van der Waals surface area contributed by atoms with Gasteiger partial charge in [0.05, 0.1) is 0 Å². The van der Waals surface area contributed by atoms with Gasteiger partial charge in [-0.3, -0.25) is 14.7 Å². The minimum atomic E-state index is -0.0924. The molecule has 0 bridgehead atoms. The zero-order chi connectivity index (χ0) is 11.3. The van der Waals surface area contributed by atoms with Crippen LogP contribution in [0.2, 0.25) is 1.41 Å². The van der Waals surface area contributed by atoms with Crippen LogP contribution in [0.15, 0.2) is 36.4 Å². The molecule has 1 aliphatic rings. The third-order valence-electron chi connectivity index (χ3n) is 1.84. The van der Waals surface area contributed by atoms with Gasteiger partial charge in [0.15, 0.2) is 13.0 Å². The number of rotatable bonds is 0. The lowest BCUT2D eigenvalue weighted by Crippen LogP contribution is -2.10. The summed E-state index contributed by atoms with van der Waals surface area (Å²) in [5.41, 5.74) is 1.01. The summed E-state index contributed by atoms with van der Waals surface area (Å²) in [6.07, 6.45) is 2.62. The molecule has 1 aliphatic carbocycles. The van der Waals surface area contributed by atoms with Crippen LogP contribution in [-0.4, -0.2) is 11.6 Å². The van der Waals surface area contributed by atoms with Gasteiger partial charge in [-0.2, -0.15) is 0 Å². The highest BCUT2D eigenvalue weighted by Crippen LogP contribution is 2.15. The van der Waals surface area contributed by atoms with Gasteiger partial charge < -0.3 is 0 Å². The first kappa shape index (κ1) is 8.97. The number of benzene rings is 1. The van der Waals surface area contributed by atoms with Crippen molar-refractivity contribution in [2.75, 3.05) is 0 Å². The summed E-state index contributed by atoms with van der Waals surface area (Å²) in [6, 6.07) is 6.84. The first-order chi connectivity index (χ1) is 7.20. The predicted octanol–water partition coefficient (Wildman–Crippen LogP) is 2.51. The Morgan fingerprint density at radius 3 is 1.79 bits per heavy atom. The van der Waals surface area contributed by atoms with E-state index in [0.717, 1.165) is 0 Å². The van der Waals surface area contributed by atoms with Crippen molar-refractivity contribution in [1.29, 1.82) is 5.15 Å². The van der Waals surface area contributed by atoms with Crippen LogP contribution in [0.5, 0.6) is 0 Å². The molecule has 0 saturated heterocycles. The van der Waals surface area contributed by atoms with Crippen LogP contribution >= 0.6 is 9.03 Å². The van der Waals surface area contributed by atoms with Gasteiger partial charge in [-0.25, -0.2) is 0 Å². The van der Waals surface area contributed by atoms with Crippen molar-refractivity contribution in [2.24, 2.45) is 0 Å². The number of carbonyl (C=O) groups is 2. The molecule has 70 valence electrons. The lowest BCUT2D eigenvalue weighted by molar-refractivity contribution is 0.0994. The van der Waals surface area contributed by atoms with E-state index in [9.17, 15) is 9.59 Å². The van der Waals surface area contributed by atoms with Crippen LogP contribution in [0.25, 0.3) is 0 Å². The maximum Gasteiger partial charge on any atom is 0.192 e. The first-order valence-electron chi connectivity index (χ1n) is 4.32. The standard InChI is InChI=1S/C10H6O2.H2NP/c11-9-5-6-10(12)8-4-2-1-3-7(8)9;1-2/h1-6H;1-2H/i/hD. The Morgan fingerprint density at radius 1 is 1.07 bits per heavy atom. The number of fused-ring (bicyclic) bond motifs is 1. The third kappa shape index (κ3) is 1.83. The normalized spacial score (nSPS) is 13.6. The highest BCUT2D eigenvalue weighted by Gasteiger charge is 2.16. The number of hydrogen-bond acceptors (Lipinski definition) is 3. The lowest BCUT2D eigenvalue weighted by Gasteiger charge is -2.06. The van der Waals surface area contributed by atoms with Gasteiger partial charge in [-0.1, -0.05) is 24.3 Å². The van der Waals surface area contributed by atoms with Gasteiger partial charge in [0, 0.05) is 11.1 Å². The van der Waals surface area contributed by atoms with Gasteiger partial charge in [-0.05, 0) is 21.2 Å². The van der Waals surface area contributed by atoms with Crippen molar-refractivity contribution >= 4 is 20.6 Å². The van der Waals surface area contributed by atoms with Gasteiger partial charge in [0.25, 0.3) is 0 Å². The van der Waals surface area contributed by atoms with Gasteiger partial charge in [0.2, 0.25) is 0 Å². The molecule has 2 rings (SSSR count). The molecule has 0 saturated carbocycles. The summed E-state index contributed by atoms with van der Waals surface area (Å²) in [5, 5.41) is 2.56. The molecule has 1 aromatic carbocycles. The van der Waals surface area contributed by atoms with E-state index in [2.05, 4.69) is 14.2 Å². The largest absolute Gasteiger partial charge is 0.289 e. The second-order valence-corrected chi connectivity index (χ2v) is 2.61. The monoisotopic (exact) mass is 206 g/mol. The van der Waals surface area contributed by atoms with E-state index in [4.69, 9.17) is 1.41 Å². The van der Waals surface area contributed by atoms with E-state index in [0.29, 0.717) is 11.1 Å². The second kappa shape index (κ2) is 4.58. The smallest absolute Gasteiger partial charge is 0.192 e. The molecule has 1 N–H and O–H groups in total. The highest BCUT2D eigenvalue weighted by atomic mass is 31.0. The van der Waals surface area contributed by atoms with Crippen molar-refractivity contribution in [3.05, 3.63) is 47.5 Å². The van der Waals surface area contributed by atoms with Crippen molar-refractivity contribution < 1.29 is 11.0 Å². The van der Waals surface area contributed by atoms with Crippen LogP contribution < -0.4 is 0 Å². The molecule has 0 atom stereocenters. The Hall–Kier alpha value is -1.60. The zero-order valence-corrected chi connectivity index (χ0v) is 8.23. The summed E-state index contributed by atoms with van der Waals surface area (Å²) >= 11 is 0. The molecule has 3 nitrogen and oxygen atoms in total. The summed E-state index contributed by atoms with van der Waals surface area (Å²) in [5.74, 6) is -0.185. The van der Waals surface area contributed by atoms with Crippen LogP contribution in [0, 0.1) is 5.15 Å². The highest BCUT2D eigenvalue weighted by molar-refractivity contribution is 7.02. The zero-order valence-electron chi connectivity index (χ0n) is 8.23. The molecule has 0 spiro atoms. The van der Waals surface area contributed by atoms with Gasteiger partial charge >= 0.3 is 0 Å². The summed E-state index contributed by atoms with van der Waals surface area (Å²) < 4.78 is 5.75. The number of allylic oxidation sites excluding steroid dienone is 2. The Bertz CT molecular complexity index is 406. The van der Waals surface area contributed by atoms with E-state index >= 15 is 0 Å². The fourth-order valence-electron chi connectivity index (χ4n) is 1.24. The van der Waals surface area contributed by atoms with Gasteiger partial charge in [0.1, 0.15) is 0 Å². The van der Waals surface area contributed by atoms with Crippen LogP contribution in [-0.2, 0) is 0 Å². The van der Waals surface area contributed by atoms with E-state index in [-0.39, 0.29) is 11.6 Å². The third-order valence-corrected chi connectivity index (χ3v) is 1.84. The van der Waals surface area contributed by atoms with Crippen molar-refractivity contribution in [1.82, 2.24) is 0 Å². The minimum Gasteiger partial charge on any atom is -0.289 e. The van der Waals surface area contributed by atoms with Crippen LogP contribution in [0.1, 0.15) is 20.7 Å². The van der Waals surface area contributed by atoms with Crippen molar-refractivity contribution in [2.45, 2.75) is 0 Å². The molecule has 0 amide bonds. The Morgan fingerprint density at radius 2 is 1.43 bits per heavy atom. The molecular formula is C10H8NO2P. The van der Waals surface area contributed by atoms with E-state index in [1.165, 1.54) is 12.2 Å². The molecule has 4 heteroatoms. The number of hydrogen-bond donors (Lipinski definition) is 1. The molecule has 14 heavy (non-hydrogen) atoms. The molecule has 0 unspecified atom stereocenters. The van der Waals surface area contributed by atoms with Crippen molar-refractivity contribution in [3.8, 4) is 0 Å². The fourth-order valence-corrected chi connectivity index (χ4v) is 1.24. The number of nitrogens with one attached hydrogen (secondary N) is 1. The van der Waals surface area contributed by atoms with E-state index in [1.54, 1.807) is 24.3 Å². The first-order valence-corrected chi connectivity index (χ1v) is 4.32. The average molecular weight is 206 g/mol. The molecule has 0 fully saturated rings. The summed E-state index contributed by atoms with van der Waals surface area (Å²) in [7, 11) is 2.48. The molecule has 0 aromatic heterocycles. The fraction of sp³-hybridized carbons (Fsp3) is 0. The number of ketones is 2. The Kier molecular flexibility index (Phi) is 2.94. The quantitative estimate of drug-likeness (QED) is 0.663. The van der Waals surface area contributed by atoms with Crippen LogP contribution in [0.4, 0.5) is 0 Å². The van der Waals surface area contributed by atoms with Crippen molar-refractivity contribution in [3.63, 3.8) is 0 Å². The van der Waals surface area contributed by atoms with Crippen LogP contribution in [0.3, 0.4) is 0 Å². The molecule has 0 heterocycles. The number of carbonyl (C=O) groups excluding carboxylic acids is 2. The molecule has 0 radical (unpaired) electrons. The predicted molar refractivity (Wildman–Crippen MR) is 55.3 cm³/mol. The lowest BCUT2D eigenvalue weighted by atomic mass is 9.95. The molecule has 0 aliphatic heterocycles. The molecular weight excluding hydrogens is 197 g/mol. The minimum absolute atomic E-state index is 0.0924. The maximum atomic E-state index is 11.2. The SMILES string of the molecule is O=C1C=CC(=O)c2ccccc21.[2H]N=P. The van der Waals surface area contributed by atoms with E-state index < -0.39 is 0 Å². The topological polar surface area (TPSA) is 58.0 Å². The van der Waals surface area contributed by atoms with Gasteiger partial charge in [-0.15, -0.1) is 0 Å². The Labute approximate surface area is 85.0 Å². The Balaban J connectivity index is 0.000000337. The van der Waals surface area contributed by atoms with E-state index in [1.807, 2.05) is 0 Å². The molecule has 1 aromatic rings.